The summed E-state index contributed by atoms with van der Waals surface area (Å²) in [5.74, 6) is 0. The fourth-order valence-corrected chi connectivity index (χ4v) is 5.90. The molecule has 0 fully saturated rings. The summed E-state index contributed by atoms with van der Waals surface area (Å²) in [4.78, 5) is 11.7. The topological polar surface area (TPSA) is 29.0 Å². The smallest absolute Gasteiger partial charge is 0.380 e. The molecule has 4 aromatic carbocycles. The summed E-state index contributed by atoms with van der Waals surface area (Å²) < 4.78 is 0. The molecule has 0 saturated carbocycles. The maximum atomic E-state index is 4.62. The molecule has 0 saturated heterocycles. The number of hydrogen-bond donors (Lipinski definition) is 0. The summed E-state index contributed by atoms with van der Waals surface area (Å²) in [6, 6.07) is 45.7. The van der Waals surface area contributed by atoms with Gasteiger partial charge in [0.2, 0.25) is 0 Å². The Morgan fingerprint density at radius 3 is 1.41 bits per heavy atom. The molecule has 0 amide bonds. The van der Waals surface area contributed by atoms with Crippen LogP contribution in [-0.2, 0) is 21.1 Å². The van der Waals surface area contributed by atoms with Gasteiger partial charge in [-0.15, -0.1) is 69.6 Å². The van der Waals surface area contributed by atoms with Gasteiger partial charge in [0.25, 0.3) is 6.85 Å². The first kappa shape index (κ1) is 23.8. The predicted octanol–water partition coefficient (Wildman–Crippen LogP) is 6.31. The van der Waals surface area contributed by atoms with E-state index in [0.29, 0.717) is 0 Å². The first-order chi connectivity index (χ1) is 18.9. The van der Waals surface area contributed by atoms with Crippen molar-refractivity contribution in [1.29, 1.82) is 0 Å². The van der Waals surface area contributed by atoms with Crippen molar-refractivity contribution in [2.24, 2.45) is 0 Å². The Labute approximate surface area is 242 Å². The zero-order valence-electron chi connectivity index (χ0n) is 20.8. The van der Waals surface area contributed by atoms with Crippen molar-refractivity contribution in [2.75, 3.05) is 4.81 Å². The van der Waals surface area contributed by atoms with Crippen LogP contribution in [0.4, 0.5) is 11.4 Å². The average molecular weight is 676 g/mol. The summed E-state index contributed by atoms with van der Waals surface area (Å²) >= 11 is 0. The fraction of sp³-hybridized carbons (Fsp3) is 0. The summed E-state index contributed by atoms with van der Waals surface area (Å²) in [6.07, 6.45) is 3.67. The van der Waals surface area contributed by atoms with Gasteiger partial charge in [-0.1, -0.05) is 60.7 Å². The van der Waals surface area contributed by atoms with Gasteiger partial charge in [-0.3, -0.25) is 0 Å². The van der Waals surface area contributed by atoms with Gasteiger partial charge in [0.05, 0.1) is 0 Å². The van der Waals surface area contributed by atoms with E-state index in [1.807, 2.05) is 48.8 Å². The van der Waals surface area contributed by atoms with Crippen LogP contribution in [0.1, 0.15) is 0 Å². The van der Waals surface area contributed by atoms with Gasteiger partial charge in [0.1, 0.15) is 0 Å². The second-order valence-electron chi connectivity index (χ2n) is 9.64. The summed E-state index contributed by atoms with van der Waals surface area (Å²) in [5.41, 5.74) is 13.3. The van der Waals surface area contributed by atoms with Crippen molar-refractivity contribution in [3.05, 3.63) is 134 Å². The number of benzene rings is 4. The first-order valence-corrected chi connectivity index (χ1v) is 12.8. The van der Waals surface area contributed by atoms with Crippen molar-refractivity contribution in [3.63, 3.8) is 0 Å². The van der Waals surface area contributed by atoms with E-state index in [1.165, 1.54) is 33.6 Å². The zero-order chi connectivity index (χ0) is 25.1. The van der Waals surface area contributed by atoms with E-state index in [1.54, 1.807) is 0 Å². The molecule has 0 spiro atoms. The van der Waals surface area contributed by atoms with Gasteiger partial charge in [0.15, 0.2) is 0 Å². The number of anilines is 2. The molecule has 184 valence electrons. The molecule has 2 aliphatic heterocycles. The number of para-hydroxylation sites is 2. The minimum absolute atomic E-state index is 0. The number of hydrogen-bond acceptors (Lipinski definition) is 3. The molecule has 2 aromatic heterocycles. The van der Waals surface area contributed by atoms with Crippen LogP contribution in [0, 0.1) is 12.1 Å². The number of pyridine rings is 2. The Bertz CT molecular complexity index is 1710. The molecule has 39 heavy (non-hydrogen) atoms. The molecule has 0 unspecified atom stereocenters. The van der Waals surface area contributed by atoms with E-state index in [9.17, 15) is 0 Å². The van der Waals surface area contributed by atoms with Crippen molar-refractivity contribution in [3.8, 4) is 44.8 Å². The standard InChI is InChI=1S/C34H20BN3.Pt/c1-3-13-33-27(9-1)25-17-15-23(31-11-5-7-19-36-31)21-29(25)35-30-22-24(32-12-6-8-20-37-32)16-18-26(30)28-10-2-4-14-34(28)38(33)35;/h1-20H;/q-2;+2. The number of rotatable bonds is 2. The van der Waals surface area contributed by atoms with Crippen LogP contribution in [0.3, 0.4) is 0 Å². The van der Waals surface area contributed by atoms with E-state index < -0.39 is 0 Å². The molecule has 6 aromatic rings. The van der Waals surface area contributed by atoms with Gasteiger partial charge in [-0.25, -0.2) is 0 Å². The largest absolute Gasteiger partial charge is 2.00 e. The minimum Gasteiger partial charge on any atom is -0.380 e. The molecule has 2 aliphatic rings. The third-order valence-corrected chi connectivity index (χ3v) is 7.55. The summed E-state index contributed by atoms with van der Waals surface area (Å²) in [5, 5.41) is 0. The van der Waals surface area contributed by atoms with E-state index in [0.717, 1.165) is 33.4 Å². The summed E-state index contributed by atoms with van der Waals surface area (Å²) in [6.45, 7) is -0.0860. The Balaban J connectivity index is 0.00000253. The number of fused-ring (bicyclic) bond motifs is 11. The van der Waals surface area contributed by atoms with Gasteiger partial charge < -0.3 is 14.8 Å². The van der Waals surface area contributed by atoms with Crippen LogP contribution in [0.25, 0.3) is 44.8 Å². The molecule has 0 atom stereocenters. The maximum absolute atomic E-state index is 4.62. The third-order valence-electron chi connectivity index (χ3n) is 7.55. The van der Waals surface area contributed by atoms with E-state index >= 15 is 0 Å². The molecular weight excluding hydrogens is 656 g/mol. The fourth-order valence-electron chi connectivity index (χ4n) is 5.90. The summed E-state index contributed by atoms with van der Waals surface area (Å²) in [7, 11) is 0. The number of nitrogens with zero attached hydrogens (tertiary/aromatic N) is 3. The average Bonchev–Trinajstić information content (AvgIpc) is 3.01. The number of aromatic nitrogens is 2. The maximum Gasteiger partial charge on any atom is 2.00 e. The first-order valence-electron chi connectivity index (χ1n) is 12.8. The molecular formula is C34H20BN3Pt. The third kappa shape index (κ3) is 3.71. The molecule has 0 N–H and O–H groups in total. The Kier molecular flexibility index (Phi) is 5.79. The predicted molar refractivity (Wildman–Crippen MR) is 155 cm³/mol. The monoisotopic (exact) mass is 676 g/mol. The van der Waals surface area contributed by atoms with Crippen LogP contribution in [0.5, 0.6) is 0 Å². The van der Waals surface area contributed by atoms with E-state index in [-0.39, 0.29) is 27.9 Å². The van der Waals surface area contributed by atoms with Crippen LogP contribution < -0.4 is 15.7 Å². The van der Waals surface area contributed by atoms with Gasteiger partial charge in [-0.05, 0) is 46.8 Å². The Morgan fingerprint density at radius 2 is 0.949 bits per heavy atom. The van der Waals surface area contributed by atoms with Gasteiger partial charge >= 0.3 is 21.1 Å². The zero-order valence-corrected chi connectivity index (χ0v) is 23.1. The molecule has 0 bridgehead atoms. The van der Waals surface area contributed by atoms with Gasteiger partial charge in [0, 0.05) is 23.8 Å². The second kappa shape index (κ2) is 9.48. The van der Waals surface area contributed by atoms with Crippen LogP contribution in [0.2, 0.25) is 0 Å². The molecule has 3 nitrogen and oxygen atoms in total. The molecule has 4 heterocycles. The van der Waals surface area contributed by atoms with Crippen LogP contribution >= 0.6 is 0 Å². The Morgan fingerprint density at radius 1 is 0.487 bits per heavy atom. The SMILES string of the molecule is [Pt+2].[c-]1c(-c2ccccn2)ccc2c1B1c3[c-]c(-c4ccccn4)ccc3-c3ccccc3N1c1ccccc1-2. The van der Waals surface area contributed by atoms with Crippen molar-refractivity contribution in [2.45, 2.75) is 0 Å². The molecule has 0 aliphatic carbocycles. The van der Waals surface area contributed by atoms with Crippen LogP contribution in [0.15, 0.2) is 122 Å². The Hall–Kier alpha value is -4.27. The molecule has 0 radical (unpaired) electrons. The van der Waals surface area contributed by atoms with E-state index in [4.69, 9.17) is 0 Å². The minimum atomic E-state index is -0.0860. The van der Waals surface area contributed by atoms with Crippen molar-refractivity contribution < 1.29 is 21.1 Å². The van der Waals surface area contributed by atoms with Gasteiger partial charge in [-0.2, -0.15) is 0 Å². The molecule has 5 heteroatoms. The van der Waals surface area contributed by atoms with Crippen LogP contribution in [-0.4, -0.2) is 16.8 Å². The van der Waals surface area contributed by atoms with Crippen molar-refractivity contribution >= 4 is 29.1 Å². The normalized spacial score (nSPS) is 12.3. The quantitative estimate of drug-likeness (QED) is 0.159. The molecule has 8 rings (SSSR count). The van der Waals surface area contributed by atoms with E-state index in [2.05, 4.69) is 99.7 Å². The van der Waals surface area contributed by atoms with Crippen molar-refractivity contribution in [1.82, 2.24) is 9.97 Å². The second-order valence-corrected chi connectivity index (χ2v) is 9.64.